The van der Waals surface area contributed by atoms with Crippen molar-refractivity contribution in [1.29, 1.82) is 0 Å². The predicted molar refractivity (Wildman–Crippen MR) is 148 cm³/mol. The summed E-state index contributed by atoms with van der Waals surface area (Å²) in [5.41, 5.74) is 4.34. The van der Waals surface area contributed by atoms with Crippen molar-refractivity contribution in [1.82, 2.24) is 29.3 Å². The average molecular weight is 505 g/mol. The van der Waals surface area contributed by atoms with E-state index in [0.717, 1.165) is 68.5 Å². The van der Waals surface area contributed by atoms with Crippen LogP contribution < -0.4 is 10.2 Å². The number of amides is 1. The molecule has 1 fully saturated rings. The summed E-state index contributed by atoms with van der Waals surface area (Å²) in [6, 6.07) is 9.58. The van der Waals surface area contributed by atoms with Crippen LogP contribution in [0.4, 0.5) is 11.8 Å². The molecule has 1 aromatic carbocycles. The number of nitrogens with zero attached hydrogens (tertiary/aromatic N) is 7. The number of rotatable bonds is 10. The largest absolute Gasteiger partial charge is 0.367 e. The van der Waals surface area contributed by atoms with E-state index in [1.165, 1.54) is 11.1 Å². The van der Waals surface area contributed by atoms with E-state index in [0.29, 0.717) is 31.6 Å². The predicted octanol–water partition coefficient (Wildman–Crippen LogP) is 3.54. The van der Waals surface area contributed by atoms with Crippen molar-refractivity contribution in [3.8, 4) is 0 Å². The van der Waals surface area contributed by atoms with Gasteiger partial charge in [-0.1, -0.05) is 24.3 Å². The van der Waals surface area contributed by atoms with E-state index in [4.69, 9.17) is 15.0 Å². The third-order valence-electron chi connectivity index (χ3n) is 7.64. The van der Waals surface area contributed by atoms with Crippen LogP contribution in [0.1, 0.15) is 51.7 Å². The topological polar surface area (TPSA) is 82.4 Å². The van der Waals surface area contributed by atoms with Crippen molar-refractivity contribution < 1.29 is 4.79 Å². The van der Waals surface area contributed by atoms with Gasteiger partial charge in [0.05, 0.1) is 6.33 Å². The number of hydrogen-bond donors (Lipinski definition) is 1. The third kappa shape index (κ3) is 5.56. The van der Waals surface area contributed by atoms with Crippen LogP contribution in [0.3, 0.4) is 0 Å². The number of aromatic nitrogens is 4. The first-order chi connectivity index (χ1) is 17.9. The van der Waals surface area contributed by atoms with E-state index < -0.39 is 0 Å². The highest BCUT2D eigenvalue weighted by atomic mass is 16.2. The summed E-state index contributed by atoms with van der Waals surface area (Å²) in [6.45, 7) is 14.5. The smallest absolute Gasteiger partial charge is 0.229 e. The Kier molecular flexibility index (Phi) is 7.60. The van der Waals surface area contributed by atoms with Crippen LogP contribution in [0, 0.1) is 0 Å². The Bertz CT molecular complexity index is 1230. The summed E-state index contributed by atoms with van der Waals surface area (Å²) >= 11 is 0. The van der Waals surface area contributed by atoms with Crippen LogP contribution in [-0.2, 0) is 24.3 Å². The summed E-state index contributed by atoms with van der Waals surface area (Å²) in [5.74, 6) is 1.75. The second kappa shape index (κ2) is 11.0. The Labute approximate surface area is 219 Å². The van der Waals surface area contributed by atoms with Gasteiger partial charge >= 0.3 is 0 Å². The van der Waals surface area contributed by atoms with Crippen LogP contribution in [0.2, 0.25) is 0 Å². The molecule has 0 bridgehead atoms. The number of anilines is 2. The number of benzene rings is 1. The maximum absolute atomic E-state index is 12.1. The van der Waals surface area contributed by atoms with E-state index >= 15 is 0 Å². The average Bonchev–Trinajstić information content (AvgIpc) is 3.49. The number of carbonyl (C=O) groups excluding carboxylic acids is 1. The number of fused-ring (bicyclic) bond motifs is 2. The molecule has 0 unspecified atom stereocenters. The fourth-order valence-corrected chi connectivity index (χ4v) is 5.61. The number of imidazole rings is 1. The van der Waals surface area contributed by atoms with Gasteiger partial charge in [0.1, 0.15) is 0 Å². The zero-order chi connectivity index (χ0) is 25.9. The molecule has 1 N–H and O–H groups in total. The first-order valence-electron chi connectivity index (χ1n) is 13.7. The summed E-state index contributed by atoms with van der Waals surface area (Å²) in [7, 11) is 0. The quantitative estimate of drug-likeness (QED) is 0.452. The second-order valence-electron chi connectivity index (χ2n) is 10.8. The van der Waals surface area contributed by atoms with Gasteiger partial charge in [0.25, 0.3) is 0 Å². The molecule has 2 aliphatic rings. The lowest BCUT2D eigenvalue weighted by molar-refractivity contribution is -0.127. The van der Waals surface area contributed by atoms with Gasteiger partial charge in [-0.25, -0.2) is 4.98 Å². The van der Waals surface area contributed by atoms with Gasteiger partial charge in [0, 0.05) is 64.3 Å². The molecule has 9 heteroatoms. The molecule has 1 amide bonds. The number of nitrogens with one attached hydrogen (secondary N) is 1. The second-order valence-corrected chi connectivity index (χ2v) is 10.8. The number of hydrogen-bond acceptors (Lipinski definition) is 7. The summed E-state index contributed by atoms with van der Waals surface area (Å²) in [4.78, 5) is 33.5. The van der Waals surface area contributed by atoms with Gasteiger partial charge in [-0.05, 0) is 51.7 Å². The lowest BCUT2D eigenvalue weighted by Gasteiger charge is -2.31. The Hall–Kier alpha value is -3.20. The summed E-state index contributed by atoms with van der Waals surface area (Å²) in [5, 5.41) is 3.58. The maximum atomic E-state index is 12.1. The van der Waals surface area contributed by atoms with E-state index in [9.17, 15) is 4.79 Å². The molecular formula is C28H40N8O. The van der Waals surface area contributed by atoms with Crippen LogP contribution in [0.5, 0.6) is 0 Å². The minimum Gasteiger partial charge on any atom is -0.367 e. The minimum absolute atomic E-state index is 0.244. The highest BCUT2D eigenvalue weighted by molar-refractivity contribution is 5.84. The van der Waals surface area contributed by atoms with Crippen molar-refractivity contribution in [2.24, 2.45) is 0 Å². The van der Waals surface area contributed by atoms with E-state index in [1.54, 1.807) is 0 Å². The third-order valence-corrected chi connectivity index (χ3v) is 7.64. The van der Waals surface area contributed by atoms with Crippen molar-refractivity contribution in [3.63, 3.8) is 0 Å². The molecule has 0 radical (unpaired) electrons. The van der Waals surface area contributed by atoms with Gasteiger partial charge in [-0.3, -0.25) is 9.69 Å². The van der Waals surface area contributed by atoms with Crippen molar-refractivity contribution in [3.05, 3.63) is 41.7 Å². The van der Waals surface area contributed by atoms with Gasteiger partial charge in [-0.2, -0.15) is 9.97 Å². The summed E-state index contributed by atoms with van der Waals surface area (Å²) in [6.07, 6.45) is 4.43. The minimum atomic E-state index is 0.244. The summed E-state index contributed by atoms with van der Waals surface area (Å²) < 4.78 is 2.07. The number of likely N-dealkylation sites (tertiary alicyclic amines) is 1. The molecule has 0 aliphatic carbocycles. The van der Waals surface area contributed by atoms with E-state index in [1.807, 2.05) is 11.2 Å². The van der Waals surface area contributed by atoms with Gasteiger partial charge in [-0.15, -0.1) is 0 Å². The molecule has 0 saturated carbocycles. The zero-order valence-electron chi connectivity index (χ0n) is 22.7. The van der Waals surface area contributed by atoms with Gasteiger partial charge in [0.15, 0.2) is 17.0 Å². The maximum Gasteiger partial charge on any atom is 0.229 e. The molecule has 3 aromatic rings. The van der Waals surface area contributed by atoms with Crippen molar-refractivity contribution in [2.45, 2.75) is 72.1 Å². The molecular weight excluding hydrogens is 464 g/mol. The molecule has 9 nitrogen and oxygen atoms in total. The van der Waals surface area contributed by atoms with E-state index in [2.05, 4.69) is 71.6 Å². The Morgan fingerprint density at radius 1 is 1.00 bits per heavy atom. The molecule has 2 aromatic heterocycles. The Balaban J connectivity index is 1.41. The first-order valence-corrected chi connectivity index (χ1v) is 13.7. The Morgan fingerprint density at radius 2 is 1.78 bits per heavy atom. The van der Waals surface area contributed by atoms with Crippen LogP contribution >= 0.6 is 0 Å². The fourth-order valence-electron chi connectivity index (χ4n) is 5.61. The number of carbonyl (C=O) groups is 1. The standard InChI is InChI=1S/C28H40N8O/c1-20(2)36(21(3)4)15-12-29-26-25-27(35(19-30-25)17-16-33-13-7-10-24(33)37)32-28(31-26)34-14-11-22-8-5-6-9-23(22)18-34/h5-6,8-9,19-21H,7,10-18H2,1-4H3,(H,29,31,32). The fraction of sp³-hybridized carbons (Fsp3) is 0.571. The molecule has 0 atom stereocenters. The van der Waals surface area contributed by atoms with Crippen LogP contribution in [0.25, 0.3) is 11.2 Å². The molecule has 198 valence electrons. The van der Waals surface area contributed by atoms with Gasteiger partial charge < -0.3 is 19.7 Å². The lowest BCUT2D eigenvalue weighted by atomic mass is 10.0. The molecule has 5 rings (SSSR count). The SMILES string of the molecule is CC(C)N(CCNc1nc(N2CCc3ccccc3C2)nc2c1ncn2CCN1CCCC1=O)C(C)C. The van der Waals surface area contributed by atoms with Crippen LogP contribution in [-0.4, -0.2) is 80.0 Å². The normalized spacial score (nSPS) is 16.0. The molecule has 2 aliphatic heterocycles. The molecule has 0 spiro atoms. The molecule has 37 heavy (non-hydrogen) atoms. The monoisotopic (exact) mass is 504 g/mol. The van der Waals surface area contributed by atoms with Crippen molar-refractivity contribution >= 4 is 28.8 Å². The Morgan fingerprint density at radius 3 is 2.51 bits per heavy atom. The lowest BCUT2D eigenvalue weighted by Crippen LogP contribution is -2.40. The highest BCUT2D eigenvalue weighted by Gasteiger charge is 2.23. The molecule has 1 saturated heterocycles. The van der Waals surface area contributed by atoms with E-state index in [-0.39, 0.29) is 5.91 Å². The molecule has 4 heterocycles. The highest BCUT2D eigenvalue weighted by Crippen LogP contribution is 2.27. The van der Waals surface area contributed by atoms with Crippen molar-refractivity contribution in [2.75, 3.05) is 42.9 Å². The zero-order valence-corrected chi connectivity index (χ0v) is 22.7. The van der Waals surface area contributed by atoms with Gasteiger partial charge in [0.2, 0.25) is 11.9 Å². The van der Waals surface area contributed by atoms with Crippen LogP contribution in [0.15, 0.2) is 30.6 Å². The first kappa shape index (κ1) is 25.4.